The van der Waals surface area contributed by atoms with E-state index in [1.807, 2.05) is 25.6 Å². The highest BCUT2D eigenvalue weighted by Gasteiger charge is 2.22. The van der Waals surface area contributed by atoms with Gasteiger partial charge in [0.1, 0.15) is 0 Å². The van der Waals surface area contributed by atoms with Crippen LogP contribution in [0.5, 0.6) is 0 Å². The summed E-state index contributed by atoms with van der Waals surface area (Å²) in [5.74, 6) is -0.0164. The summed E-state index contributed by atoms with van der Waals surface area (Å²) in [7, 11) is 1.90. The third kappa shape index (κ3) is 2.97. The minimum atomic E-state index is -0.0164. The zero-order valence-corrected chi connectivity index (χ0v) is 12.0. The van der Waals surface area contributed by atoms with Gasteiger partial charge in [-0.05, 0) is 25.7 Å². The number of aromatic nitrogens is 2. The number of rotatable bonds is 5. The van der Waals surface area contributed by atoms with E-state index in [2.05, 4.69) is 10.4 Å². The van der Waals surface area contributed by atoms with Crippen molar-refractivity contribution in [2.75, 3.05) is 13.2 Å². The maximum atomic E-state index is 12.4. The van der Waals surface area contributed by atoms with Gasteiger partial charge >= 0.3 is 0 Å². The lowest BCUT2D eigenvalue weighted by Gasteiger charge is -2.11. The predicted octanol–water partition coefficient (Wildman–Crippen LogP) is 1.45. The molecule has 1 N–H and O–H groups in total. The summed E-state index contributed by atoms with van der Waals surface area (Å²) in [6.45, 7) is 5.49. The van der Waals surface area contributed by atoms with Gasteiger partial charge in [0.25, 0.3) is 5.91 Å². The van der Waals surface area contributed by atoms with Gasteiger partial charge in [0, 0.05) is 20.2 Å². The number of nitrogens with one attached hydrogen (secondary N) is 1. The molecule has 2 heterocycles. The molecule has 1 amide bonds. The lowest BCUT2D eigenvalue weighted by Crippen LogP contribution is -2.32. The number of carbonyl (C=O) groups excluding carboxylic acids is 1. The molecule has 106 valence electrons. The molecule has 1 aliphatic heterocycles. The van der Waals surface area contributed by atoms with Crippen LogP contribution in [0.1, 0.15) is 48.4 Å². The van der Waals surface area contributed by atoms with Crippen molar-refractivity contribution in [2.45, 2.75) is 45.6 Å². The van der Waals surface area contributed by atoms with Crippen molar-refractivity contribution >= 4 is 5.91 Å². The Kier molecular flexibility index (Phi) is 4.58. The standard InChI is InChI=1S/C14H23N3O2/c1-4-11-13(12(5-2)17(3)16-11)14(18)15-9-10-7-6-8-19-10/h10H,4-9H2,1-3H3,(H,15,18)/t10-/m1/s1. The first kappa shape index (κ1) is 14.1. The molecule has 2 rings (SSSR count). The van der Waals surface area contributed by atoms with Crippen LogP contribution in [0.15, 0.2) is 0 Å². The summed E-state index contributed by atoms with van der Waals surface area (Å²) in [5, 5.41) is 7.41. The van der Waals surface area contributed by atoms with E-state index in [0.29, 0.717) is 6.54 Å². The molecule has 1 aromatic heterocycles. The van der Waals surface area contributed by atoms with Crippen LogP contribution in [-0.4, -0.2) is 34.9 Å². The number of aryl methyl sites for hydroxylation is 2. The molecule has 0 radical (unpaired) electrons. The molecule has 1 aromatic rings. The zero-order chi connectivity index (χ0) is 13.8. The van der Waals surface area contributed by atoms with Crippen LogP contribution in [0.4, 0.5) is 0 Å². The maximum absolute atomic E-state index is 12.4. The SMILES string of the molecule is CCc1nn(C)c(CC)c1C(=O)NC[C@H]1CCCO1. The van der Waals surface area contributed by atoms with Crippen LogP contribution in [0.2, 0.25) is 0 Å². The lowest BCUT2D eigenvalue weighted by atomic mass is 10.1. The smallest absolute Gasteiger partial charge is 0.255 e. The highest BCUT2D eigenvalue weighted by Crippen LogP contribution is 2.16. The van der Waals surface area contributed by atoms with Crippen molar-refractivity contribution in [2.24, 2.45) is 7.05 Å². The molecule has 0 bridgehead atoms. The fraction of sp³-hybridized carbons (Fsp3) is 0.714. The molecule has 1 fully saturated rings. The fourth-order valence-corrected chi connectivity index (χ4v) is 2.64. The van der Waals surface area contributed by atoms with E-state index >= 15 is 0 Å². The summed E-state index contributed by atoms with van der Waals surface area (Å²) in [6, 6.07) is 0. The summed E-state index contributed by atoms with van der Waals surface area (Å²) >= 11 is 0. The molecule has 0 saturated carbocycles. The van der Waals surface area contributed by atoms with Crippen LogP contribution < -0.4 is 5.32 Å². The minimum Gasteiger partial charge on any atom is -0.376 e. The lowest BCUT2D eigenvalue weighted by molar-refractivity contribution is 0.0856. The first-order valence-corrected chi connectivity index (χ1v) is 7.11. The average Bonchev–Trinajstić information content (AvgIpc) is 3.02. The Balaban J connectivity index is 2.08. The van der Waals surface area contributed by atoms with E-state index in [4.69, 9.17) is 4.74 Å². The Labute approximate surface area is 114 Å². The Morgan fingerprint density at radius 3 is 2.84 bits per heavy atom. The molecule has 1 saturated heterocycles. The van der Waals surface area contributed by atoms with Crippen LogP contribution in [0.25, 0.3) is 0 Å². The van der Waals surface area contributed by atoms with Gasteiger partial charge in [0.15, 0.2) is 0 Å². The van der Waals surface area contributed by atoms with Crippen molar-refractivity contribution in [3.8, 4) is 0 Å². The van der Waals surface area contributed by atoms with Gasteiger partial charge in [-0.15, -0.1) is 0 Å². The quantitative estimate of drug-likeness (QED) is 0.876. The molecule has 0 aliphatic carbocycles. The molecule has 0 aromatic carbocycles. The van der Waals surface area contributed by atoms with Gasteiger partial charge in [-0.1, -0.05) is 13.8 Å². The number of nitrogens with zero attached hydrogens (tertiary/aromatic N) is 2. The molecule has 5 nitrogen and oxygen atoms in total. The first-order valence-electron chi connectivity index (χ1n) is 7.11. The Morgan fingerprint density at radius 1 is 1.47 bits per heavy atom. The molecule has 0 spiro atoms. The Hall–Kier alpha value is -1.36. The van der Waals surface area contributed by atoms with Crippen LogP contribution in [-0.2, 0) is 24.6 Å². The van der Waals surface area contributed by atoms with Crippen LogP contribution in [0.3, 0.4) is 0 Å². The van der Waals surface area contributed by atoms with E-state index in [1.54, 1.807) is 0 Å². The number of ether oxygens (including phenoxy) is 1. The monoisotopic (exact) mass is 265 g/mol. The Bertz CT molecular complexity index is 448. The van der Waals surface area contributed by atoms with Gasteiger partial charge in [0.2, 0.25) is 0 Å². The van der Waals surface area contributed by atoms with E-state index in [1.165, 1.54) is 0 Å². The molecular weight excluding hydrogens is 242 g/mol. The predicted molar refractivity (Wildman–Crippen MR) is 73.3 cm³/mol. The van der Waals surface area contributed by atoms with E-state index < -0.39 is 0 Å². The highest BCUT2D eigenvalue weighted by atomic mass is 16.5. The minimum absolute atomic E-state index is 0.0164. The Morgan fingerprint density at radius 2 is 2.26 bits per heavy atom. The van der Waals surface area contributed by atoms with Crippen molar-refractivity contribution < 1.29 is 9.53 Å². The van der Waals surface area contributed by atoms with Crippen molar-refractivity contribution in [1.29, 1.82) is 0 Å². The highest BCUT2D eigenvalue weighted by molar-refractivity contribution is 5.96. The van der Waals surface area contributed by atoms with Crippen LogP contribution >= 0.6 is 0 Å². The van der Waals surface area contributed by atoms with Gasteiger partial charge in [0.05, 0.1) is 23.1 Å². The second kappa shape index (κ2) is 6.19. The fourth-order valence-electron chi connectivity index (χ4n) is 2.64. The summed E-state index contributed by atoms with van der Waals surface area (Å²) in [4.78, 5) is 12.4. The average molecular weight is 265 g/mol. The maximum Gasteiger partial charge on any atom is 0.255 e. The topological polar surface area (TPSA) is 56.2 Å². The second-order valence-corrected chi connectivity index (χ2v) is 4.94. The summed E-state index contributed by atoms with van der Waals surface area (Å²) in [5.41, 5.74) is 2.64. The van der Waals surface area contributed by atoms with E-state index in [0.717, 1.165) is 49.2 Å². The second-order valence-electron chi connectivity index (χ2n) is 4.94. The largest absolute Gasteiger partial charge is 0.376 e. The molecule has 0 unspecified atom stereocenters. The van der Waals surface area contributed by atoms with Crippen LogP contribution in [0, 0.1) is 0 Å². The normalized spacial score (nSPS) is 18.8. The van der Waals surface area contributed by atoms with Gasteiger partial charge < -0.3 is 10.1 Å². The van der Waals surface area contributed by atoms with Gasteiger partial charge in [-0.3, -0.25) is 9.48 Å². The summed E-state index contributed by atoms with van der Waals surface area (Å²) in [6.07, 6.45) is 3.89. The zero-order valence-electron chi connectivity index (χ0n) is 12.0. The number of amides is 1. The molecule has 19 heavy (non-hydrogen) atoms. The molecule has 1 atom stereocenters. The number of carbonyl (C=O) groups is 1. The van der Waals surface area contributed by atoms with Gasteiger partial charge in [-0.25, -0.2) is 0 Å². The van der Waals surface area contributed by atoms with Crippen molar-refractivity contribution in [3.63, 3.8) is 0 Å². The molecule has 5 heteroatoms. The van der Waals surface area contributed by atoms with Crippen molar-refractivity contribution in [1.82, 2.24) is 15.1 Å². The summed E-state index contributed by atoms with van der Waals surface area (Å²) < 4.78 is 7.34. The van der Waals surface area contributed by atoms with E-state index in [-0.39, 0.29) is 12.0 Å². The number of hydrogen-bond donors (Lipinski definition) is 1. The third-order valence-electron chi connectivity index (χ3n) is 3.65. The van der Waals surface area contributed by atoms with Crippen molar-refractivity contribution in [3.05, 3.63) is 17.0 Å². The molecular formula is C14H23N3O2. The van der Waals surface area contributed by atoms with Gasteiger partial charge in [-0.2, -0.15) is 5.10 Å². The third-order valence-corrected chi connectivity index (χ3v) is 3.65. The number of hydrogen-bond acceptors (Lipinski definition) is 3. The molecule has 1 aliphatic rings. The first-order chi connectivity index (χ1) is 9.17. The van der Waals surface area contributed by atoms with E-state index in [9.17, 15) is 4.79 Å².